The molecule has 0 bridgehead atoms. The van der Waals surface area contributed by atoms with Gasteiger partial charge in [0.2, 0.25) is 5.91 Å². The van der Waals surface area contributed by atoms with Crippen LogP contribution in [0.25, 0.3) is 11.4 Å². The fourth-order valence-corrected chi connectivity index (χ4v) is 3.71. The second-order valence-electron chi connectivity index (χ2n) is 6.27. The Kier molecular flexibility index (Phi) is 6.90. The number of allylic oxidation sites excluding steroid dienone is 1. The van der Waals surface area contributed by atoms with E-state index >= 15 is 0 Å². The highest BCUT2D eigenvalue weighted by atomic mass is 35.5. The SMILES string of the molecule is C=CCn1c(SCC(=O)NCc2cccc(Cl)c2)nnc1-c1cccc(C)c1. The number of nitrogens with one attached hydrogen (secondary N) is 1. The largest absolute Gasteiger partial charge is 0.351 e. The van der Waals surface area contributed by atoms with Crippen molar-refractivity contribution in [1.82, 2.24) is 20.1 Å². The molecule has 3 aromatic rings. The molecular formula is C21H21ClN4OS. The molecule has 7 heteroatoms. The molecule has 0 spiro atoms. The molecule has 0 aliphatic rings. The first-order valence-corrected chi connectivity index (χ1v) is 10.2. The number of carbonyl (C=O) groups excluding carboxylic acids is 1. The number of hydrogen-bond donors (Lipinski definition) is 1. The van der Waals surface area contributed by atoms with Crippen LogP contribution in [0.15, 0.2) is 66.3 Å². The molecule has 0 saturated carbocycles. The zero-order valence-corrected chi connectivity index (χ0v) is 17.1. The molecule has 3 rings (SSSR count). The number of hydrogen-bond acceptors (Lipinski definition) is 4. The summed E-state index contributed by atoms with van der Waals surface area (Å²) in [6, 6.07) is 15.5. The summed E-state index contributed by atoms with van der Waals surface area (Å²) >= 11 is 7.32. The Hall–Kier alpha value is -2.57. The number of carbonyl (C=O) groups is 1. The van der Waals surface area contributed by atoms with Crippen LogP contribution in [0, 0.1) is 6.92 Å². The van der Waals surface area contributed by atoms with Gasteiger partial charge in [0, 0.05) is 23.7 Å². The molecule has 144 valence electrons. The lowest BCUT2D eigenvalue weighted by Gasteiger charge is -2.09. The van der Waals surface area contributed by atoms with Crippen LogP contribution in [0.2, 0.25) is 5.02 Å². The summed E-state index contributed by atoms with van der Waals surface area (Å²) in [7, 11) is 0. The van der Waals surface area contributed by atoms with Crippen molar-refractivity contribution in [1.29, 1.82) is 0 Å². The minimum absolute atomic E-state index is 0.0739. The Labute approximate surface area is 173 Å². The fraction of sp³-hybridized carbons (Fsp3) is 0.190. The number of aromatic nitrogens is 3. The number of thioether (sulfide) groups is 1. The third-order valence-electron chi connectivity index (χ3n) is 4.02. The van der Waals surface area contributed by atoms with Gasteiger partial charge in [-0.25, -0.2) is 0 Å². The average Bonchev–Trinajstić information content (AvgIpc) is 3.08. The van der Waals surface area contributed by atoms with Crippen LogP contribution >= 0.6 is 23.4 Å². The van der Waals surface area contributed by atoms with Gasteiger partial charge in [-0.15, -0.1) is 16.8 Å². The maximum absolute atomic E-state index is 12.2. The molecule has 0 fully saturated rings. The van der Waals surface area contributed by atoms with Crippen LogP contribution in [-0.2, 0) is 17.9 Å². The first-order chi connectivity index (χ1) is 13.6. The second kappa shape index (κ2) is 9.57. The van der Waals surface area contributed by atoms with Gasteiger partial charge in [-0.05, 0) is 30.7 Å². The monoisotopic (exact) mass is 412 g/mol. The van der Waals surface area contributed by atoms with Crippen LogP contribution in [0.3, 0.4) is 0 Å². The molecule has 0 radical (unpaired) electrons. The summed E-state index contributed by atoms with van der Waals surface area (Å²) < 4.78 is 1.97. The van der Waals surface area contributed by atoms with E-state index in [0.717, 1.165) is 22.5 Å². The van der Waals surface area contributed by atoms with Crippen LogP contribution in [0.4, 0.5) is 0 Å². The molecule has 0 aliphatic heterocycles. The van der Waals surface area contributed by atoms with E-state index in [9.17, 15) is 4.79 Å². The Bertz CT molecular complexity index is 986. The summed E-state index contributed by atoms with van der Waals surface area (Å²) in [6.45, 7) is 6.87. The summed E-state index contributed by atoms with van der Waals surface area (Å²) in [6.07, 6.45) is 1.80. The van der Waals surface area contributed by atoms with E-state index in [1.54, 1.807) is 12.1 Å². The van der Waals surface area contributed by atoms with Crippen molar-refractivity contribution in [3.8, 4) is 11.4 Å². The third-order valence-corrected chi connectivity index (χ3v) is 5.22. The normalized spacial score (nSPS) is 10.6. The highest BCUT2D eigenvalue weighted by Crippen LogP contribution is 2.24. The molecule has 0 unspecified atom stereocenters. The van der Waals surface area contributed by atoms with E-state index in [2.05, 4.69) is 28.2 Å². The second-order valence-corrected chi connectivity index (χ2v) is 7.65. The Morgan fingerprint density at radius 2 is 2.07 bits per heavy atom. The van der Waals surface area contributed by atoms with Gasteiger partial charge in [0.05, 0.1) is 5.75 Å². The third kappa shape index (κ3) is 5.24. The van der Waals surface area contributed by atoms with Gasteiger partial charge in [0.1, 0.15) is 0 Å². The summed E-state index contributed by atoms with van der Waals surface area (Å²) in [4.78, 5) is 12.2. The Balaban J connectivity index is 1.65. The van der Waals surface area contributed by atoms with Gasteiger partial charge in [-0.2, -0.15) is 0 Å². The van der Waals surface area contributed by atoms with Crippen LogP contribution in [0.5, 0.6) is 0 Å². The molecule has 2 aromatic carbocycles. The average molecular weight is 413 g/mol. The standard InChI is InChI=1S/C21H21ClN4OS/c1-3-10-26-20(17-8-4-6-15(2)11-17)24-25-21(26)28-14-19(27)23-13-16-7-5-9-18(22)12-16/h3-9,11-12H,1,10,13-14H2,2H3,(H,23,27). The van der Waals surface area contributed by atoms with E-state index in [0.29, 0.717) is 23.3 Å². The van der Waals surface area contributed by atoms with Crippen molar-refractivity contribution in [2.45, 2.75) is 25.2 Å². The van der Waals surface area contributed by atoms with Crippen LogP contribution in [0.1, 0.15) is 11.1 Å². The van der Waals surface area contributed by atoms with E-state index in [1.165, 1.54) is 11.8 Å². The van der Waals surface area contributed by atoms with Gasteiger partial charge in [-0.3, -0.25) is 9.36 Å². The molecular weight excluding hydrogens is 392 g/mol. The number of amides is 1. The van der Waals surface area contributed by atoms with Crippen molar-refractivity contribution in [2.75, 3.05) is 5.75 Å². The lowest BCUT2D eigenvalue weighted by molar-refractivity contribution is -0.118. The number of benzene rings is 2. The zero-order chi connectivity index (χ0) is 19.9. The molecule has 0 aliphatic carbocycles. The molecule has 28 heavy (non-hydrogen) atoms. The van der Waals surface area contributed by atoms with Gasteiger partial charge < -0.3 is 5.32 Å². The molecule has 0 saturated heterocycles. The van der Waals surface area contributed by atoms with Crippen molar-refractivity contribution < 1.29 is 4.79 Å². The number of rotatable bonds is 8. The van der Waals surface area contributed by atoms with Gasteiger partial charge >= 0.3 is 0 Å². The predicted octanol–water partition coefficient (Wildman–Crippen LogP) is 4.50. The number of aryl methyl sites for hydroxylation is 1. The lowest BCUT2D eigenvalue weighted by Crippen LogP contribution is -2.24. The molecule has 0 atom stereocenters. The van der Waals surface area contributed by atoms with Crippen molar-refractivity contribution in [3.05, 3.63) is 77.3 Å². The zero-order valence-electron chi connectivity index (χ0n) is 15.6. The van der Waals surface area contributed by atoms with Crippen molar-refractivity contribution in [3.63, 3.8) is 0 Å². The molecule has 1 aromatic heterocycles. The topological polar surface area (TPSA) is 59.8 Å². The van der Waals surface area contributed by atoms with E-state index < -0.39 is 0 Å². The quantitative estimate of drug-likeness (QED) is 0.437. The van der Waals surface area contributed by atoms with Crippen LogP contribution in [-0.4, -0.2) is 26.4 Å². The van der Waals surface area contributed by atoms with Crippen molar-refractivity contribution in [2.24, 2.45) is 0 Å². The highest BCUT2D eigenvalue weighted by Gasteiger charge is 2.15. The lowest BCUT2D eigenvalue weighted by atomic mass is 10.1. The predicted molar refractivity (Wildman–Crippen MR) is 114 cm³/mol. The fourth-order valence-electron chi connectivity index (χ4n) is 2.72. The maximum Gasteiger partial charge on any atom is 0.230 e. The van der Waals surface area contributed by atoms with E-state index in [4.69, 9.17) is 11.6 Å². The van der Waals surface area contributed by atoms with E-state index in [-0.39, 0.29) is 11.7 Å². The summed E-state index contributed by atoms with van der Waals surface area (Å²) in [5, 5.41) is 12.8. The van der Waals surface area contributed by atoms with Crippen LogP contribution < -0.4 is 5.32 Å². The number of halogens is 1. The summed E-state index contributed by atoms with van der Waals surface area (Å²) in [5.74, 6) is 0.949. The Morgan fingerprint density at radius 3 is 2.82 bits per heavy atom. The molecule has 1 amide bonds. The maximum atomic E-state index is 12.2. The Morgan fingerprint density at radius 1 is 1.25 bits per heavy atom. The van der Waals surface area contributed by atoms with Crippen molar-refractivity contribution >= 4 is 29.3 Å². The molecule has 1 heterocycles. The minimum atomic E-state index is -0.0739. The minimum Gasteiger partial charge on any atom is -0.351 e. The first kappa shape index (κ1) is 20.2. The molecule has 5 nitrogen and oxygen atoms in total. The molecule has 1 N–H and O–H groups in total. The van der Waals surface area contributed by atoms with Gasteiger partial charge in [0.15, 0.2) is 11.0 Å². The van der Waals surface area contributed by atoms with Gasteiger partial charge in [0.25, 0.3) is 0 Å². The number of nitrogens with zero attached hydrogens (tertiary/aromatic N) is 3. The van der Waals surface area contributed by atoms with Gasteiger partial charge in [-0.1, -0.05) is 65.3 Å². The highest BCUT2D eigenvalue weighted by molar-refractivity contribution is 7.99. The smallest absolute Gasteiger partial charge is 0.230 e. The van der Waals surface area contributed by atoms with E-state index in [1.807, 2.05) is 47.9 Å². The first-order valence-electron chi connectivity index (χ1n) is 8.82. The summed E-state index contributed by atoms with van der Waals surface area (Å²) in [5.41, 5.74) is 3.11.